The minimum atomic E-state index is -0.152. The van der Waals surface area contributed by atoms with Gasteiger partial charge in [-0.2, -0.15) is 0 Å². The normalized spacial score (nSPS) is 10.6. The van der Waals surface area contributed by atoms with Crippen molar-refractivity contribution in [3.63, 3.8) is 0 Å². The number of amides is 1. The Kier molecular flexibility index (Phi) is 3.05. The van der Waals surface area contributed by atoms with Crippen LogP contribution < -0.4 is 5.32 Å². The highest BCUT2D eigenvalue weighted by Crippen LogP contribution is 2.22. The first-order valence-corrected chi connectivity index (χ1v) is 6.53. The second-order valence-corrected chi connectivity index (χ2v) is 4.89. The lowest BCUT2D eigenvalue weighted by atomic mass is 10.2. The van der Waals surface area contributed by atoms with E-state index in [1.807, 2.05) is 24.3 Å². The van der Waals surface area contributed by atoms with E-state index in [1.165, 1.54) is 0 Å². The number of nitrogens with one attached hydrogen (secondary N) is 2. The molecule has 0 saturated heterocycles. The number of aromatic amines is 1. The monoisotopic (exact) mass is 315 g/mol. The quantitative estimate of drug-likeness (QED) is 0.759. The largest absolute Gasteiger partial charge is 0.346 e. The molecule has 1 amide bonds. The zero-order chi connectivity index (χ0) is 13.2. The molecule has 0 aliphatic rings. The standard InChI is InChI=1S/C14H10BrN3O/c15-11-4-2-1-3-9(11)14(19)18-12-6-8-17-13-10(12)5-7-16-13/h1-8H,(H2,16,17,18,19). The number of nitrogens with zero attached hydrogens (tertiary/aromatic N) is 1. The molecule has 3 aromatic rings. The predicted octanol–water partition coefficient (Wildman–Crippen LogP) is 3.58. The molecule has 0 unspecified atom stereocenters. The van der Waals surface area contributed by atoms with Crippen molar-refractivity contribution >= 4 is 38.6 Å². The van der Waals surface area contributed by atoms with Gasteiger partial charge in [-0.15, -0.1) is 0 Å². The zero-order valence-electron chi connectivity index (χ0n) is 9.85. The maximum Gasteiger partial charge on any atom is 0.256 e. The number of anilines is 1. The third-order valence-corrected chi connectivity index (χ3v) is 3.52. The maximum atomic E-state index is 12.2. The van der Waals surface area contributed by atoms with Crippen molar-refractivity contribution in [3.8, 4) is 0 Å². The number of H-pyrrole nitrogens is 1. The second-order valence-electron chi connectivity index (χ2n) is 4.03. The summed E-state index contributed by atoms with van der Waals surface area (Å²) in [6.07, 6.45) is 3.46. The SMILES string of the molecule is O=C(Nc1ccnc2[nH]ccc12)c1ccccc1Br. The molecule has 0 fully saturated rings. The van der Waals surface area contributed by atoms with Crippen molar-refractivity contribution in [2.75, 3.05) is 5.32 Å². The fourth-order valence-corrected chi connectivity index (χ4v) is 2.37. The molecule has 0 spiro atoms. The molecule has 0 saturated carbocycles. The van der Waals surface area contributed by atoms with Gasteiger partial charge in [0.2, 0.25) is 0 Å². The number of benzene rings is 1. The summed E-state index contributed by atoms with van der Waals surface area (Å²) in [5, 5.41) is 3.79. The summed E-state index contributed by atoms with van der Waals surface area (Å²) in [6, 6.07) is 11.0. The summed E-state index contributed by atoms with van der Waals surface area (Å²) in [4.78, 5) is 19.4. The predicted molar refractivity (Wildman–Crippen MR) is 78.2 cm³/mol. The second kappa shape index (κ2) is 4.85. The fourth-order valence-electron chi connectivity index (χ4n) is 1.90. The molecule has 0 bridgehead atoms. The molecular weight excluding hydrogens is 306 g/mol. The van der Waals surface area contributed by atoms with Gasteiger partial charge >= 0.3 is 0 Å². The van der Waals surface area contributed by atoms with Crippen LogP contribution in [0.1, 0.15) is 10.4 Å². The topological polar surface area (TPSA) is 57.8 Å². The van der Waals surface area contributed by atoms with Crippen LogP contribution in [0.2, 0.25) is 0 Å². The zero-order valence-corrected chi connectivity index (χ0v) is 11.4. The molecule has 5 heteroatoms. The number of hydrogen-bond acceptors (Lipinski definition) is 2. The van der Waals surface area contributed by atoms with Gasteiger partial charge in [-0.3, -0.25) is 4.79 Å². The lowest BCUT2D eigenvalue weighted by Crippen LogP contribution is -2.12. The molecule has 0 radical (unpaired) electrons. The minimum absolute atomic E-state index is 0.152. The van der Waals surface area contributed by atoms with Crippen molar-refractivity contribution in [1.82, 2.24) is 9.97 Å². The van der Waals surface area contributed by atoms with E-state index in [0.717, 1.165) is 21.2 Å². The van der Waals surface area contributed by atoms with Crippen LogP contribution in [0.15, 0.2) is 53.3 Å². The number of fused-ring (bicyclic) bond motifs is 1. The first-order valence-electron chi connectivity index (χ1n) is 5.73. The van der Waals surface area contributed by atoms with E-state index >= 15 is 0 Å². The summed E-state index contributed by atoms with van der Waals surface area (Å²) in [7, 11) is 0. The van der Waals surface area contributed by atoms with Crippen LogP contribution in [-0.4, -0.2) is 15.9 Å². The molecule has 0 atom stereocenters. The van der Waals surface area contributed by atoms with Gasteiger partial charge in [0.05, 0.1) is 11.3 Å². The molecule has 4 nitrogen and oxygen atoms in total. The fraction of sp³-hybridized carbons (Fsp3) is 0. The van der Waals surface area contributed by atoms with Gasteiger partial charge in [0.25, 0.3) is 5.91 Å². The number of rotatable bonds is 2. The lowest BCUT2D eigenvalue weighted by Gasteiger charge is -2.07. The Morgan fingerprint density at radius 2 is 2.05 bits per heavy atom. The first-order chi connectivity index (χ1) is 9.25. The van der Waals surface area contributed by atoms with E-state index in [0.29, 0.717) is 5.56 Å². The Morgan fingerprint density at radius 3 is 2.89 bits per heavy atom. The van der Waals surface area contributed by atoms with E-state index in [-0.39, 0.29) is 5.91 Å². The number of hydrogen-bond donors (Lipinski definition) is 2. The van der Waals surface area contributed by atoms with Crippen LogP contribution in [0.4, 0.5) is 5.69 Å². The average Bonchev–Trinajstić information content (AvgIpc) is 2.88. The Hall–Kier alpha value is -2.14. The van der Waals surface area contributed by atoms with Gasteiger partial charge in [-0.1, -0.05) is 12.1 Å². The van der Waals surface area contributed by atoms with E-state index in [4.69, 9.17) is 0 Å². The number of carbonyl (C=O) groups excluding carboxylic acids is 1. The molecule has 3 rings (SSSR count). The van der Waals surface area contributed by atoms with Gasteiger partial charge in [0, 0.05) is 22.3 Å². The minimum Gasteiger partial charge on any atom is -0.346 e. The van der Waals surface area contributed by atoms with Crippen molar-refractivity contribution in [2.45, 2.75) is 0 Å². The Bertz CT molecular complexity index is 751. The van der Waals surface area contributed by atoms with Crippen LogP contribution in [-0.2, 0) is 0 Å². The smallest absolute Gasteiger partial charge is 0.256 e. The molecule has 0 aliphatic carbocycles. The van der Waals surface area contributed by atoms with Gasteiger partial charge in [0.1, 0.15) is 5.65 Å². The molecule has 19 heavy (non-hydrogen) atoms. The number of carbonyl (C=O) groups is 1. The summed E-state index contributed by atoms with van der Waals surface area (Å²) in [6.45, 7) is 0. The van der Waals surface area contributed by atoms with Crippen LogP contribution in [0.25, 0.3) is 11.0 Å². The molecule has 2 N–H and O–H groups in total. The molecule has 1 aromatic carbocycles. The summed E-state index contributed by atoms with van der Waals surface area (Å²) >= 11 is 3.37. The van der Waals surface area contributed by atoms with Crippen molar-refractivity contribution in [2.24, 2.45) is 0 Å². The molecule has 0 aliphatic heterocycles. The van der Waals surface area contributed by atoms with E-state index in [1.54, 1.807) is 24.5 Å². The summed E-state index contributed by atoms with van der Waals surface area (Å²) in [5.41, 5.74) is 2.10. The van der Waals surface area contributed by atoms with Gasteiger partial charge < -0.3 is 10.3 Å². The molecule has 2 aromatic heterocycles. The highest BCUT2D eigenvalue weighted by Gasteiger charge is 2.11. The average molecular weight is 316 g/mol. The van der Waals surface area contributed by atoms with Crippen LogP contribution >= 0.6 is 15.9 Å². The maximum absolute atomic E-state index is 12.2. The summed E-state index contributed by atoms with van der Waals surface area (Å²) < 4.78 is 0.770. The van der Waals surface area contributed by atoms with Crippen molar-refractivity contribution < 1.29 is 4.79 Å². The van der Waals surface area contributed by atoms with Gasteiger partial charge in [0.15, 0.2) is 0 Å². The summed E-state index contributed by atoms with van der Waals surface area (Å²) in [5.74, 6) is -0.152. The highest BCUT2D eigenvalue weighted by atomic mass is 79.9. The number of pyridine rings is 1. The van der Waals surface area contributed by atoms with E-state index < -0.39 is 0 Å². The van der Waals surface area contributed by atoms with Gasteiger partial charge in [-0.25, -0.2) is 4.98 Å². The van der Waals surface area contributed by atoms with Crippen LogP contribution in [0.5, 0.6) is 0 Å². The van der Waals surface area contributed by atoms with Crippen molar-refractivity contribution in [3.05, 3.63) is 58.8 Å². The number of aromatic nitrogens is 2. The Morgan fingerprint density at radius 1 is 1.21 bits per heavy atom. The van der Waals surface area contributed by atoms with Gasteiger partial charge in [-0.05, 0) is 40.2 Å². The van der Waals surface area contributed by atoms with E-state index in [2.05, 4.69) is 31.2 Å². The van der Waals surface area contributed by atoms with Crippen LogP contribution in [0, 0.1) is 0 Å². The first kappa shape index (κ1) is 11.9. The highest BCUT2D eigenvalue weighted by molar-refractivity contribution is 9.10. The Labute approximate surface area is 118 Å². The molecule has 2 heterocycles. The third-order valence-electron chi connectivity index (χ3n) is 2.83. The van der Waals surface area contributed by atoms with Crippen LogP contribution in [0.3, 0.4) is 0 Å². The molecule has 94 valence electrons. The molecular formula is C14H10BrN3O. The number of halogens is 1. The van der Waals surface area contributed by atoms with E-state index in [9.17, 15) is 4.79 Å². The third kappa shape index (κ3) is 2.24. The lowest BCUT2D eigenvalue weighted by molar-refractivity contribution is 0.102. The Balaban J connectivity index is 1.95. The van der Waals surface area contributed by atoms with Crippen molar-refractivity contribution in [1.29, 1.82) is 0 Å².